The van der Waals surface area contributed by atoms with Gasteiger partial charge in [-0.15, -0.1) is 11.8 Å². The second-order valence-corrected chi connectivity index (χ2v) is 7.32. The van der Waals surface area contributed by atoms with Gasteiger partial charge in [0.25, 0.3) is 0 Å². The van der Waals surface area contributed by atoms with Crippen LogP contribution in [0.5, 0.6) is 0 Å². The average molecular weight is 277 g/mol. The van der Waals surface area contributed by atoms with E-state index in [-0.39, 0.29) is 0 Å². The maximum absolute atomic E-state index is 3.67. The van der Waals surface area contributed by atoms with Gasteiger partial charge in [0.1, 0.15) is 0 Å². The monoisotopic (exact) mass is 277 g/mol. The molecule has 0 amide bonds. The summed E-state index contributed by atoms with van der Waals surface area (Å²) >= 11 is 2.01. The first-order valence-electron chi connectivity index (χ1n) is 7.61. The predicted octanol–water partition coefficient (Wildman–Crippen LogP) is 4.73. The topological polar surface area (TPSA) is 12.0 Å². The highest BCUT2D eigenvalue weighted by molar-refractivity contribution is 7.99. The van der Waals surface area contributed by atoms with Crippen molar-refractivity contribution in [1.29, 1.82) is 0 Å². The number of thioether (sulfide) groups is 1. The first-order chi connectivity index (χ1) is 9.20. The minimum absolute atomic E-state index is 0.575. The Bertz CT molecular complexity index is 355. The molecule has 1 fully saturated rings. The largest absolute Gasteiger partial charge is 0.314 e. The van der Waals surface area contributed by atoms with Crippen LogP contribution in [0.4, 0.5) is 0 Å². The van der Waals surface area contributed by atoms with Crippen molar-refractivity contribution in [1.82, 2.24) is 5.32 Å². The van der Waals surface area contributed by atoms with Crippen molar-refractivity contribution in [3.8, 4) is 0 Å². The highest BCUT2D eigenvalue weighted by Gasteiger charge is 2.33. The summed E-state index contributed by atoms with van der Waals surface area (Å²) in [5.74, 6) is 1.25. The molecule has 1 aromatic carbocycles. The van der Waals surface area contributed by atoms with E-state index in [0.29, 0.717) is 11.5 Å². The van der Waals surface area contributed by atoms with E-state index in [1.807, 2.05) is 11.8 Å². The normalized spacial score (nSPS) is 18.1. The molecule has 0 radical (unpaired) electrons. The average Bonchev–Trinajstić information content (AvgIpc) is 2.87. The van der Waals surface area contributed by atoms with Crippen LogP contribution in [-0.4, -0.2) is 18.3 Å². The molecule has 1 aliphatic rings. The summed E-state index contributed by atoms with van der Waals surface area (Å²) in [6.45, 7) is 5.71. The van der Waals surface area contributed by atoms with Crippen LogP contribution >= 0.6 is 11.8 Å². The van der Waals surface area contributed by atoms with Crippen LogP contribution in [-0.2, 0) is 0 Å². The summed E-state index contributed by atoms with van der Waals surface area (Å²) < 4.78 is 0. The van der Waals surface area contributed by atoms with Crippen molar-refractivity contribution in [2.45, 2.75) is 56.9 Å². The lowest BCUT2D eigenvalue weighted by molar-refractivity contribution is 0.263. The van der Waals surface area contributed by atoms with Crippen LogP contribution < -0.4 is 5.32 Å². The zero-order chi connectivity index (χ0) is 13.6. The van der Waals surface area contributed by atoms with Crippen LogP contribution in [0, 0.1) is 5.41 Å². The Morgan fingerprint density at radius 3 is 2.47 bits per heavy atom. The van der Waals surface area contributed by atoms with Crippen molar-refractivity contribution in [3.05, 3.63) is 30.3 Å². The fraction of sp³-hybridized carbons (Fsp3) is 0.647. The number of rotatable bonds is 7. The molecular weight excluding hydrogens is 250 g/mol. The summed E-state index contributed by atoms with van der Waals surface area (Å²) in [5.41, 5.74) is 0.575. The zero-order valence-electron chi connectivity index (χ0n) is 12.3. The standard InChI is InChI=1S/C17H27NS/c1-15(2)18-14-17(10-6-7-11-17)12-13-19-16-8-4-3-5-9-16/h3-5,8-9,15,18H,6-7,10-14H2,1-2H3. The van der Waals surface area contributed by atoms with E-state index in [1.165, 1.54) is 49.3 Å². The second-order valence-electron chi connectivity index (χ2n) is 6.15. The summed E-state index contributed by atoms with van der Waals surface area (Å²) in [6.07, 6.45) is 7.04. The van der Waals surface area contributed by atoms with Gasteiger partial charge in [0.05, 0.1) is 0 Å². The first kappa shape index (κ1) is 14.9. The molecular formula is C17H27NS. The van der Waals surface area contributed by atoms with Crippen molar-refractivity contribution in [2.24, 2.45) is 5.41 Å². The van der Waals surface area contributed by atoms with Crippen LogP contribution in [0.25, 0.3) is 0 Å². The lowest BCUT2D eigenvalue weighted by Gasteiger charge is -2.30. The molecule has 0 atom stereocenters. The van der Waals surface area contributed by atoms with Crippen LogP contribution in [0.2, 0.25) is 0 Å². The van der Waals surface area contributed by atoms with Gasteiger partial charge in [0, 0.05) is 17.5 Å². The smallest absolute Gasteiger partial charge is 0.00719 e. The Morgan fingerprint density at radius 1 is 1.16 bits per heavy atom. The van der Waals surface area contributed by atoms with Gasteiger partial charge in [-0.05, 0) is 42.6 Å². The van der Waals surface area contributed by atoms with E-state index in [0.717, 1.165) is 0 Å². The van der Waals surface area contributed by atoms with Gasteiger partial charge in [-0.25, -0.2) is 0 Å². The fourth-order valence-electron chi connectivity index (χ4n) is 2.96. The molecule has 2 heteroatoms. The quantitative estimate of drug-likeness (QED) is 0.723. The molecule has 2 rings (SSSR count). The predicted molar refractivity (Wildman–Crippen MR) is 85.8 cm³/mol. The number of benzene rings is 1. The Labute approximate surface area is 122 Å². The summed E-state index contributed by atoms with van der Waals surface area (Å²) in [4.78, 5) is 1.41. The number of hydrogen-bond donors (Lipinski definition) is 1. The molecule has 0 aromatic heterocycles. The molecule has 0 heterocycles. The molecule has 1 aliphatic carbocycles. The van der Waals surface area contributed by atoms with Crippen molar-refractivity contribution >= 4 is 11.8 Å². The summed E-state index contributed by atoms with van der Waals surface area (Å²) in [7, 11) is 0. The van der Waals surface area contributed by atoms with E-state index in [2.05, 4.69) is 49.5 Å². The van der Waals surface area contributed by atoms with Gasteiger partial charge >= 0.3 is 0 Å². The molecule has 0 aliphatic heterocycles. The molecule has 0 unspecified atom stereocenters. The van der Waals surface area contributed by atoms with Crippen LogP contribution in [0.15, 0.2) is 35.2 Å². The molecule has 1 saturated carbocycles. The molecule has 19 heavy (non-hydrogen) atoms. The Balaban J connectivity index is 1.80. The van der Waals surface area contributed by atoms with Gasteiger partial charge in [0.2, 0.25) is 0 Å². The first-order valence-corrected chi connectivity index (χ1v) is 8.60. The fourth-order valence-corrected chi connectivity index (χ4v) is 4.08. The molecule has 1 aromatic rings. The lowest BCUT2D eigenvalue weighted by Crippen LogP contribution is -2.36. The van der Waals surface area contributed by atoms with E-state index >= 15 is 0 Å². The Morgan fingerprint density at radius 2 is 1.84 bits per heavy atom. The van der Waals surface area contributed by atoms with Crippen molar-refractivity contribution in [3.63, 3.8) is 0 Å². The zero-order valence-corrected chi connectivity index (χ0v) is 13.1. The molecule has 1 N–H and O–H groups in total. The molecule has 0 saturated heterocycles. The summed E-state index contributed by atoms with van der Waals surface area (Å²) in [5, 5.41) is 3.67. The van der Waals surface area contributed by atoms with Gasteiger partial charge < -0.3 is 5.32 Å². The number of nitrogens with one attached hydrogen (secondary N) is 1. The highest BCUT2D eigenvalue weighted by Crippen LogP contribution is 2.42. The van der Waals surface area contributed by atoms with E-state index in [1.54, 1.807) is 0 Å². The SMILES string of the molecule is CC(C)NCC1(CCSc2ccccc2)CCCC1. The van der Waals surface area contributed by atoms with Crippen LogP contribution in [0.1, 0.15) is 46.0 Å². The molecule has 1 nitrogen and oxygen atoms in total. The third-order valence-electron chi connectivity index (χ3n) is 4.19. The Kier molecular flexibility index (Phi) is 5.77. The van der Waals surface area contributed by atoms with Gasteiger partial charge in [-0.2, -0.15) is 0 Å². The minimum Gasteiger partial charge on any atom is -0.314 e. The highest BCUT2D eigenvalue weighted by atomic mass is 32.2. The lowest BCUT2D eigenvalue weighted by atomic mass is 9.83. The maximum Gasteiger partial charge on any atom is 0.00719 e. The molecule has 106 valence electrons. The van der Waals surface area contributed by atoms with Crippen molar-refractivity contribution < 1.29 is 0 Å². The second kappa shape index (κ2) is 7.35. The van der Waals surface area contributed by atoms with Gasteiger partial charge in [-0.3, -0.25) is 0 Å². The molecule has 0 bridgehead atoms. The Hall–Kier alpha value is -0.470. The van der Waals surface area contributed by atoms with E-state index in [9.17, 15) is 0 Å². The molecule has 0 spiro atoms. The van der Waals surface area contributed by atoms with E-state index < -0.39 is 0 Å². The van der Waals surface area contributed by atoms with Crippen molar-refractivity contribution in [2.75, 3.05) is 12.3 Å². The third kappa shape index (κ3) is 4.85. The third-order valence-corrected chi connectivity index (χ3v) is 5.21. The van der Waals surface area contributed by atoms with Crippen LogP contribution in [0.3, 0.4) is 0 Å². The van der Waals surface area contributed by atoms with Gasteiger partial charge in [-0.1, -0.05) is 44.9 Å². The van der Waals surface area contributed by atoms with Gasteiger partial charge in [0.15, 0.2) is 0 Å². The minimum atomic E-state index is 0.575. The number of hydrogen-bond acceptors (Lipinski definition) is 2. The maximum atomic E-state index is 3.67. The summed E-state index contributed by atoms with van der Waals surface area (Å²) in [6, 6.07) is 11.4. The van der Waals surface area contributed by atoms with E-state index in [4.69, 9.17) is 0 Å².